The zero-order valence-electron chi connectivity index (χ0n) is 13.7. The second-order valence-electron chi connectivity index (χ2n) is 5.03. The summed E-state index contributed by atoms with van der Waals surface area (Å²) in [5, 5.41) is 5.94. The summed E-state index contributed by atoms with van der Waals surface area (Å²) in [6.45, 7) is 0.499. The lowest BCUT2D eigenvalue weighted by Crippen LogP contribution is -2.16. The van der Waals surface area contributed by atoms with Crippen LogP contribution in [0.4, 0.5) is 11.4 Å². The van der Waals surface area contributed by atoms with Gasteiger partial charge in [0, 0.05) is 30.4 Å². The van der Waals surface area contributed by atoms with Crippen LogP contribution < -0.4 is 15.4 Å². The van der Waals surface area contributed by atoms with Gasteiger partial charge in [-0.1, -0.05) is 6.07 Å². The summed E-state index contributed by atoms with van der Waals surface area (Å²) in [5.41, 5.74) is 1.97. The zero-order valence-corrected chi connectivity index (χ0v) is 13.7. The minimum absolute atomic E-state index is 0.115. The number of ether oxygens (including phenoxy) is 2. The van der Waals surface area contributed by atoms with E-state index in [-0.39, 0.29) is 5.91 Å². The van der Waals surface area contributed by atoms with E-state index in [2.05, 4.69) is 15.4 Å². The van der Waals surface area contributed by atoms with Crippen LogP contribution in [0, 0.1) is 0 Å². The highest BCUT2D eigenvalue weighted by atomic mass is 16.5. The fourth-order valence-electron chi connectivity index (χ4n) is 2.08. The first-order chi connectivity index (χ1) is 11.6. The minimum atomic E-state index is -0.407. The average Bonchev–Trinajstić information content (AvgIpc) is 2.62. The van der Waals surface area contributed by atoms with Gasteiger partial charge < -0.3 is 20.1 Å². The molecule has 0 atom stereocenters. The Hall–Kier alpha value is -3.02. The quantitative estimate of drug-likeness (QED) is 0.764. The Morgan fingerprint density at radius 2 is 1.75 bits per heavy atom. The van der Waals surface area contributed by atoms with Gasteiger partial charge in [-0.15, -0.1) is 0 Å². The fourth-order valence-corrected chi connectivity index (χ4v) is 2.08. The number of benzene rings is 2. The van der Waals surface area contributed by atoms with Crippen LogP contribution in [0.1, 0.15) is 16.8 Å². The van der Waals surface area contributed by atoms with Crippen molar-refractivity contribution in [2.24, 2.45) is 0 Å². The third kappa shape index (κ3) is 5.01. The SMILES string of the molecule is COC(=O)c1ccc(NC(=O)CCNc2cccc(OC)c2)cc1. The summed E-state index contributed by atoms with van der Waals surface area (Å²) >= 11 is 0. The molecule has 0 aromatic heterocycles. The minimum Gasteiger partial charge on any atom is -0.497 e. The smallest absolute Gasteiger partial charge is 0.337 e. The van der Waals surface area contributed by atoms with Gasteiger partial charge in [0.25, 0.3) is 0 Å². The molecule has 0 bridgehead atoms. The van der Waals surface area contributed by atoms with Crippen molar-refractivity contribution in [1.82, 2.24) is 0 Å². The van der Waals surface area contributed by atoms with Gasteiger partial charge in [-0.3, -0.25) is 4.79 Å². The molecular formula is C18H20N2O4. The van der Waals surface area contributed by atoms with Crippen molar-refractivity contribution in [2.45, 2.75) is 6.42 Å². The van der Waals surface area contributed by atoms with Crippen LogP contribution in [0.15, 0.2) is 48.5 Å². The van der Waals surface area contributed by atoms with Gasteiger partial charge in [-0.05, 0) is 36.4 Å². The maximum Gasteiger partial charge on any atom is 0.337 e. The molecule has 2 aromatic carbocycles. The number of hydrogen-bond donors (Lipinski definition) is 2. The molecule has 2 rings (SSSR count). The van der Waals surface area contributed by atoms with E-state index in [9.17, 15) is 9.59 Å². The van der Waals surface area contributed by atoms with E-state index in [0.717, 1.165) is 11.4 Å². The van der Waals surface area contributed by atoms with Gasteiger partial charge in [0.05, 0.1) is 19.8 Å². The third-order valence-electron chi connectivity index (χ3n) is 3.34. The van der Waals surface area contributed by atoms with Crippen molar-refractivity contribution >= 4 is 23.3 Å². The molecule has 2 aromatic rings. The van der Waals surface area contributed by atoms with Crippen molar-refractivity contribution in [1.29, 1.82) is 0 Å². The molecule has 0 aliphatic rings. The summed E-state index contributed by atoms with van der Waals surface area (Å²) in [6.07, 6.45) is 0.315. The Kier molecular flexibility index (Phi) is 6.19. The summed E-state index contributed by atoms with van der Waals surface area (Å²) in [6, 6.07) is 14.1. The molecule has 0 heterocycles. The average molecular weight is 328 g/mol. The molecule has 2 N–H and O–H groups in total. The van der Waals surface area contributed by atoms with Crippen LogP contribution in [-0.2, 0) is 9.53 Å². The van der Waals surface area contributed by atoms with Crippen molar-refractivity contribution in [3.63, 3.8) is 0 Å². The first kappa shape index (κ1) is 17.3. The van der Waals surface area contributed by atoms with Gasteiger partial charge in [0.2, 0.25) is 5.91 Å². The number of anilines is 2. The molecule has 0 unspecified atom stereocenters. The van der Waals surface area contributed by atoms with E-state index < -0.39 is 5.97 Å². The number of methoxy groups -OCH3 is 2. The number of carbonyl (C=O) groups is 2. The molecule has 0 radical (unpaired) electrons. The third-order valence-corrected chi connectivity index (χ3v) is 3.34. The molecule has 6 heteroatoms. The summed E-state index contributed by atoms with van der Waals surface area (Å²) in [4.78, 5) is 23.3. The molecule has 0 aliphatic heterocycles. The molecule has 0 fully saturated rings. The van der Waals surface area contributed by atoms with E-state index in [4.69, 9.17) is 4.74 Å². The maximum atomic E-state index is 11.9. The molecular weight excluding hydrogens is 308 g/mol. The lowest BCUT2D eigenvalue weighted by molar-refractivity contribution is -0.115. The van der Waals surface area contributed by atoms with Gasteiger partial charge in [0.1, 0.15) is 5.75 Å². The van der Waals surface area contributed by atoms with Crippen LogP contribution in [0.25, 0.3) is 0 Å². The first-order valence-corrected chi connectivity index (χ1v) is 7.48. The normalized spacial score (nSPS) is 9.92. The lowest BCUT2D eigenvalue weighted by atomic mass is 10.2. The number of carbonyl (C=O) groups excluding carboxylic acids is 2. The zero-order chi connectivity index (χ0) is 17.4. The van der Waals surface area contributed by atoms with E-state index in [1.807, 2.05) is 24.3 Å². The standard InChI is InChI=1S/C18H20N2O4/c1-23-16-5-3-4-15(12-16)19-11-10-17(21)20-14-8-6-13(7-9-14)18(22)24-2/h3-9,12,19H,10-11H2,1-2H3,(H,20,21). The van der Waals surface area contributed by atoms with Crippen LogP contribution in [0.5, 0.6) is 5.75 Å². The largest absolute Gasteiger partial charge is 0.497 e. The molecule has 0 aliphatic carbocycles. The number of nitrogens with one attached hydrogen (secondary N) is 2. The molecule has 0 saturated heterocycles. The first-order valence-electron chi connectivity index (χ1n) is 7.48. The summed E-state index contributed by atoms with van der Waals surface area (Å²) in [7, 11) is 2.94. The Morgan fingerprint density at radius 3 is 2.42 bits per heavy atom. The van der Waals surface area contributed by atoms with Crippen LogP contribution >= 0.6 is 0 Å². The molecule has 126 valence electrons. The monoisotopic (exact) mass is 328 g/mol. The van der Waals surface area contributed by atoms with Crippen molar-refractivity contribution in [2.75, 3.05) is 31.4 Å². The highest BCUT2D eigenvalue weighted by Crippen LogP contribution is 2.16. The maximum absolute atomic E-state index is 11.9. The number of esters is 1. The predicted molar refractivity (Wildman–Crippen MR) is 92.5 cm³/mol. The Morgan fingerprint density at radius 1 is 1.00 bits per heavy atom. The second kappa shape index (κ2) is 8.57. The van der Waals surface area contributed by atoms with Crippen LogP contribution in [0.2, 0.25) is 0 Å². The predicted octanol–water partition coefficient (Wildman–Crippen LogP) is 2.92. The van der Waals surface area contributed by atoms with Crippen LogP contribution in [-0.4, -0.2) is 32.6 Å². The van der Waals surface area contributed by atoms with Gasteiger partial charge in [-0.25, -0.2) is 4.79 Å². The molecule has 0 saturated carbocycles. The van der Waals surface area contributed by atoms with E-state index in [1.54, 1.807) is 31.4 Å². The Bertz CT molecular complexity index is 698. The van der Waals surface area contributed by atoms with Crippen LogP contribution in [0.3, 0.4) is 0 Å². The summed E-state index contributed by atoms with van der Waals surface area (Å²) < 4.78 is 9.77. The van der Waals surface area contributed by atoms with E-state index in [1.165, 1.54) is 7.11 Å². The van der Waals surface area contributed by atoms with Crippen molar-refractivity contribution < 1.29 is 19.1 Å². The Labute approximate surface area is 140 Å². The fraction of sp³-hybridized carbons (Fsp3) is 0.222. The van der Waals surface area contributed by atoms with Crippen molar-refractivity contribution in [3.8, 4) is 5.75 Å². The number of rotatable bonds is 7. The van der Waals surface area contributed by atoms with Gasteiger partial charge in [0.15, 0.2) is 0 Å². The lowest BCUT2D eigenvalue weighted by Gasteiger charge is -2.09. The van der Waals surface area contributed by atoms with Gasteiger partial charge in [-0.2, -0.15) is 0 Å². The second-order valence-corrected chi connectivity index (χ2v) is 5.03. The number of amides is 1. The number of hydrogen-bond acceptors (Lipinski definition) is 5. The highest BCUT2D eigenvalue weighted by Gasteiger charge is 2.06. The molecule has 0 spiro atoms. The molecule has 6 nitrogen and oxygen atoms in total. The highest BCUT2D eigenvalue weighted by molar-refractivity contribution is 5.93. The summed E-state index contributed by atoms with van der Waals surface area (Å²) in [5.74, 6) is 0.238. The van der Waals surface area contributed by atoms with Gasteiger partial charge >= 0.3 is 5.97 Å². The molecule has 24 heavy (non-hydrogen) atoms. The Balaban J connectivity index is 1.79. The van der Waals surface area contributed by atoms with E-state index >= 15 is 0 Å². The van der Waals surface area contributed by atoms with E-state index in [0.29, 0.717) is 24.2 Å². The molecule has 1 amide bonds. The van der Waals surface area contributed by atoms with Crippen molar-refractivity contribution in [3.05, 3.63) is 54.1 Å². The topological polar surface area (TPSA) is 76.7 Å².